The summed E-state index contributed by atoms with van der Waals surface area (Å²) in [6.45, 7) is 0.613. The Kier molecular flexibility index (Phi) is 3.72. The molecular formula is C16H16ClN3. The van der Waals surface area contributed by atoms with Gasteiger partial charge >= 0.3 is 0 Å². The van der Waals surface area contributed by atoms with Crippen molar-refractivity contribution in [3.05, 3.63) is 70.8 Å². The van der Waals surface area contributed by atoms with Gasteiger partial charge in [0.2, 0.25) is 0 Å². The summed E-state index contributed by atoms with van der Waals surface area (Å²) in [6.07, 6.45) is 3.63. The molecule has 0 unspecified atom stereocenters. The molecule has 0 aliphatic carbocycles. The van der Waals surface area contributed by atoms with Gasteiger partial charge in [0.1, 0.15) is 5.82 Å². The first kappa shape index (κ1) is 13.2. The lowest BCUT2D eigenvalue weighted by atomic mass is 10.1. The zero-order chi connectivity index (χ0) is 13.9. The lowest BCUT2D eigenvalue weighted by Gasteiger charge is -2.01. The number of aromatic nitrogens is 2. The van der Waals surface area contributed by atoms with Crippen molar-refractivity contribution < 1.29 is 0 Å². The van der Waals surface area contributed by atoms with E-state index in [1.807, 2.05) is 42.6 Å². The Bertz CT molecular complexity index is 716. The van der Waals surface area contributed by atoms with E-state index in [9.17, 15) is 0 Å². The minimum absolute atomic E-state index is 0.613. The van der Waals surface area contributed by atoms with Crippen molar-refractivity contribution in [2.24, 2.45) is 5.73 Å². The second-order valence-corrected chi connectivity index (χ2v) is 5.21. The van der Waals surface area contributed by atoms with Crippen LogP contribution in [0.1, 0.15) is 17.1 Å². The first-order chi connectivity index (χ1) is 9.78. The van der Waals surface area contributed by atoms with Crippen molar-refractivity contribution in [3.8, 4) is 0 Å². The van der Waals surface area contributed by atoms with E-state index in [1.54, 1.807) is 0 Å². The highest BCUT2D eigenvalue weighted by molar-refractivity contribution is 6.30. The lowest BCUT2D eigenvalue weighted by molar-refractivity contribution is 0.913. The van der Waals surface area contributed by atoms with Crippen molar-refractivity contribution in [1.29, 1.82) is 0 Å². The Morgan fingerprint density at radius 2 is 1.90 bits per heavy atom. The molecule has 0 saturated heterocycles. The quantitative estimate of drug-likeness (QED) is 0.800. The summed E-state index contributed by atoms with van der Waals surface area (Å²) < 4.78 is 2.14. The Labute approximate surface area is 123 Å². The largest absolute Gasteiger partial charge is 0.330 e. The molecule has 2 aromatic heterocycles. The zero-order valence-corrected chi connectivity index (χ0v) is 11.8. The number of benzene rings is 1. The van der Waals surface area contributed by atoms with Gasteiger partial charge in [0, 0.05) is 24.1 Å². The van der Waals surface area contributed by atoms with Crippen molar-refractivity contribution in [2.75, 3.05) is 6.54 Å². The molecule has 102 valence electrons. The van der Waals surface area contributed by atoms with Crippen LogP contribution in [0.2, 0.25) is 5.02 Å². The van der Waals surface area contributed by atoms with Crippen LogP contribution < -0.4 is 5.73 Å². The van der Waals surface area contributed by atoms with E-state index in [0.29, 0.717) is 6.54 Å². The number of halogens is 1. The number of pyridine rings is 1. The second kappa shape index (κ2) is 5.65. The maximum atomic E-state index is 5.92. The number of rotatable bonds is 4. The maximum Gasteiger partial charge on any atom is 0.117 e. The first-order valence-electron chi connectivity index (χ1n) is 6.67. The normalized spacial score (nSPS) is 11.1. The van der Waals surface area contributed by atoms with Crippen LogP contribution in [0.3, 0.4) is 0 Å². The first-order valence-corrected chi connectivity index (χ1v) is 7.05. The zero-order valence-electron chi connectivity index (χ0n) is 11.1. The third-order valence-corrected chi connectivity index (χ3v) is 3.61. The predicted octanol–water partition coefficient (Wildman–Crippen LogP) is 3.08. The molecule has 0 aliphatic rings. The van der Waals surface area contributed by atoms with Gasteiger partial charge in [0.25, 0.3) is 0 Å². The van der Waals surface area contributed by atoms with Gasteiger partial charge in [-0.05, 0) is 36.4 Å². The molecule has 0 spiro atoms. The highest BCUT2D eigenvalue weighted by Gasteiger charge is 2.10. The smallest absolute Gasteiger partial charge is 0.117 e. The lowest BCUT2D eigenvalue weighted by Crippen LogP contribution is -2.03. The summed E-state index contributed by atoms with van der Waals surface area (Å²) in [5.41, 5.74) is 9.07. The van der Waals surface area contributed by atoms with Gasteiger partial charge < -0.3 is 10.1 Å². The summed E-state index contributed by atoms with van der Waals surface area (Å²) in [4.78, 5) is 4.75. The number of hydrogen-bond donors (Lipinski definition) is 1. The highest BCUT2D eigenvalue weighted by Crippen LogP contribution is 2.17. The van der Waals surface area contributed by atoms with Gasteiger partial charge in [-0.25, -0.2) is 4.98 Å². The van der Waals surface area contributed by atoms with Crippen LogP contribution in [0.5, 0.6) is 0 Å². The Morgan fingerprint density at radius 1 is 1.10 bits per heavy atom. The van der Waals surface area contributed by atoms with Gasteiger partial charge in [-0.1, -0.05) is 29.8 Å². The molecule has 0 bridgehead atoms. The molecule has 0 amide bonds. The van der Waals surface area contributed by atoms with Gasteiger partial charge in [-0.15, -0.1) is 0 Å². The third kappa shape index (κ3) is 2.55. The number of nitrogens with two attached hydrogens (primary N) is 1. The number of fused-ring (bicyclic) bond motifs is 1. The van der Waals surface area contributed by atoms with Gasteiger partial charge in [-0.2, -0.15) is 0 Å². The van der Waals surface area contributed by atoms with E-state index < -0.39 is 0 Å². The molecule has 0 fully saturated rings. The average molecular weight is 286 g/mol. The molecule has 2 heterocycles. The molecule has 3 aromatic rings. The summed E-state index contributed by atoms with van der Waals surface area (Å²) in [7, 11) is 0. The van der Waals surface area contributed by atoms with E-state index in [0.717, 1.165) is 34.9 Å². The SMILES string of the molecule is NCCc1nc(Cc2ccc(Cl)cc2)n2ccccc12. The van der Waals surface area contributed by atoms with Crippen molar-refractivity contribution in [2.45, 2.75) is 12.8 Å². The van der Waals surface area contributed by atoms with Crippen molar-refractivity contribution in [3.63, 3.8) is 0 Å². The predicted molar refractivity (Wildman–Crippen MR) is 82.2 cm³/mol. The van der Waals surface area contributed by atoms with Crippen LogP contribution >= 0.6 is 11.6 Å². The molecule has 20 heavy (non-hydrogen) atoms. The van der Waals surface area contributed by atoms with Crippen LogP contribution in [-0.2, 0) is 12.8 Å². The number of imidazole rings is 1. The number of nitrogens with zero attached hydrogens (tertiary/aromatic N) is 2. The molecule has 0 saturated carbocycles. The molecule has 1 aromatic carbocycles. The van der Waals surface area contributed by atoms with Gasteiger partial charge in [0.15, 0.2) is 0 Å². The minimum atomic E-state index is 0.613. The van der Waals surface area contributed by atoms with Crippen LogP contribution in [0.25, 0.3) is 5.52 Å². The molecule has 3 rings (SSSR count). The number of hydrogen-bond acceptors (Lipinski definition) is 2. The Balaban J connectivity index is 2.00. The van der Waals surface area contributed by atoms with Gasteiger partial charge in [-0.3, -0.25) is 0 Å². The van der Waals surface area contributed by atoms with Crippen LogP contribution in [0.4, 0.5) is 0 Å². The molecule has 2 N–H and O–H groups in total. The molecule has 0 radical (unpaired) electrons. The van der Waals surface area contributed by atoms with Crippen molar-refractivity contribution in [1.82, 2.24) is 9.38 Å². The Hall–Kier alpha value is -1.84. The van der Waals surface area contributed by atoms with Crippen molar-refractivity contribution >= 4 is 17.1 Å². The summed E-state index contributed by atoms with van der Waals surface area (Å²) >= 11 is 5.92. The van der Waals surface area contributed by atoms with Gasteiger partial charge in [0.05, 0.1) is 11.2 Å². The second-order valence-electron chi connectivity index (χ2n) is 4.77. The van der Waals surface area contributed by atoms with E-state index in [4.69, 9.17) is 22.3 Å². The third-order valence-electron chi connectivity index (χ3n) is 3.35. The molecule has 3 nitrogen and oxygen atoms in total. The Morgan fingerprint density at radius 3 is 2.65 bits per heavy atom. The molecule has 4 heteroatoms. The van der Waals surface area contributed by atoms with E-state index >= 15 is 0 Å². The summed E-state index contributed by atoms with van der Waals surface area (Å²) in [6, 6.07) is 14.0. The fourth-order valence-electron chi connectivity index (χ4n) is 2.40. The monoisotopic (exact) mass is 285 g/mol. The minimum Gasteiger partial charge on any atom is -0.330 e. The fraction of sp³-hybridized carbons (Fsp3) is 0.188. The van der Waals surface area contributed by atoms with Crippen LogP contribution in [0, 0.1) is 0 Å². The molecular weight excluding hydrogens is 270 g/mol. The average Bonchev–Trinajstić information content (AvgIpc) is 2.81. The van der Waals surface area contributed by atoms with E-state index in [-0.39, 0.29) is 0 Å². The van der Waals surface area contributed by atoms with Crippen LogP contribution in [0.15, 0.2) is 48.7 Å². The summed E-state index contributed by atoms with van der Waals surface area (Å²) in [5, 5.41) is 0.755. The topological polar surface area (TPSA) is 43.3 Å². The van der Waals surface area contributed by atoms with Crippen LogP contribution in [-0.4, -0.2) is 15.9 Å². The highest BCUT2D eigenvalue weighted by atomic mass is 35.5. The standard InChI is InChI=1S/C16H16ClN3/c17-13-6-4-12(5-7-13)11-16-19-14(8-9-18)15-3-1-2-10-20(15)16/h1-7,10H,8-9,11,18H2. The molecule has 0 aliphatic heterocycles. The molecule has 0 atom stereocenters. The van der Waals surface area contributed by atoms with E-state index in [1.165, 1.54) is 5.56 Å². The maximum absolute atomic E-state index is 5.92. The summed E-state index contributed by atoms with van der Waals surface area (Å²) in [5.74, 6) is 1.03. The van der Waals surface area contributed by atoms with E-state index in [2.05, 4.69) is 10.5 Å². The fourth-order valence-corrected chi connectivity index (χ4v) is 2.53.